The van der Waals surface area contributed by atoms with Gasteiger partial charge in [0, 0.05) is 17.0 Å². The van der Waals surface area contributed by atoms with Crippen LogP contribution in [0, 0.1) is 5.82 Å². The van der Waals surface area contributed by atoms with Crippen LogP contribution in [0.15, 0.2) is 60.7 Å². The minimum atomic E-state index is -0.800. The smallest absolute Gasteiger partial charge is 0.127 e. The average Bonchev–Trinajstić information content (AvgIpc) is 2.50. The SMILES string of the molecule is OC(Cc1c(F)cccc1Cl)c1cccc2ccccc12. The Balaban J connectivity index is 2.00. The quantitative estimate of drug-likeness (QED) is 0.729. The van der Waals surface area contributed by atoms with Crippen LogP contribution in [0.25, 0.3) is 10.8 Å². The lowest BCUT2D eigenvalue weighted by Crippen LogP contribution is -2.05. The van der Waals surface area contributed by atoms with E-state index in [1.807, 2.05) is 42.5 Å². The van der Waals surface area contributed by atoms with Gasteiger partial charge in [-0.15, -0.1) is 0 Å². The van der Waals surface area contributed by atoms with Gasteiger partial charge < -0.3 is 5.11 Å². The number of hydrogen-bond donors (Lipinski definition) is 1. The van der Waals surface area contributed by atoms with Crippen molar-refractivity contribution < 1.29 is 9.50 Å². The van der Waals surface area contributed by atoms with Crippen LogP contribution in [-0.2, 0) is 6.42 Å². The fourth-order valence-corrected chi connectivity index (χ4v) is 2.81. The fourth-order valence-electron chi connectivity index (χ4n) is 2.57. The highest BCUT2D eigenvalue weighted by Gasteiger charge is 2.16. The molecule has 0 aromatic heterocycles. The van der Waals surface area contributed by atoms with Gasteiger partial charge in [-0.3, -0.25) is 0 Å². The van der Waals surface area contributed by atoms with E-state index in [-0.39, 0.29) is 12.2 Å². The summed E-state index contributed by atoms with van der Waals surface area (Å²) in [6.45, 7) is 0. The zero-order valence-electron chi connectivity index (χ0n) is 11.3. The predicted octanol–water partition coefficient (Wildman–Crippen LogP) is 4.91. The van der Waals surface area contributed by atoms with Crippen molar-refractivity contribution in [1.29, 1.82) is 0 Å². The standard InChI is InChI=1S/C18H14ClFO/c19-16-9-4-10-17(20)15(16)11-18(21)14-8-3-6-12-5-1-2-7-13(12)14/h1-10,18,21H,11H2. The first-order chi connectivity index (χ1) is 10.2. The minimum Gasteiger partial charge on any atom is -0.388 e. The lowest BCUT2D eigenvalue weighted by Gasteiger charge is -2.15. The first-order valence-electron chi connectivity index (χ1n) is 6.75. The Bertz CT molecular complexity index is 760. The molecule has 0 saturated heterocycles. The maximum Gasteiger partial charge on any atom is 0.127 e. The van der Waals surface area contributed by atoms with Crippen molar-refractivity contribution in [2.75, 3.05) is 0 Å². The highest BCUT2D eigenvalue weighted by Crippen LogP contribution is 2.29. The van der Waals surface area contributed by atoms with Crippen molar-refractivity contribution in [3.05, 3.63) is 82.6 Å². The van der Waals surface area contributed by atoms with E-state index in [0.717, 1.165) is 16.3 Å². The second kappa shape index (κ2) is 5.84. The fraction of sp³-hybridized carbons (Fsp3) is 0.111. The molecule has 0 heterocycles. The molecule has 0 aliphatic carbocycles. The molecule has 0 radical (unpaired) electrons. The molecule has 3 aromatic carbocycles. The van der Waals surface area contributed by atoms with E-state index in [9.17, 15) is 9.50 Å². The molecule has 0 amide bonds. The van der Waals surface area contributed by atoms with E-state index in [1.165, 1.54) is 6.07 Å². The van der Waals surface area contributed by atoms with E-state index in [4.69, 9.17) is 11.6 Å². The first-order valence-corrected chi connectivity index (χ1v) is 7.13. The zero-order chi connectivity index (χ0) is 14.8. The second-order valence-corrected chi connectivity index (χ2v) is 5.40. The van der Waals surface area contributed by atoms with Gasteiger partial charge in [0.05, 0.1) is 6.10 Å². The number of benzene rings is 3. The van der Waals surface area contributed by atoms with E-state index in [0.29, 0.717) is 10.6 Å². The summed E-state index contributed by atoms with van der Waals surface area (Å²) in [7, 11) is 0. The number of aliphatic hydroxyl groups is 1. The van der Waals surface area contributed by atoms with Gasteiger partial charge in [-0.1, -0.05) is 60.1 Å². The van der Waals surface area contributed by atoms with Gasteiger partial charge >= 0.3 is 0 Å². The summed E-state index contributed by atoms with van der Waals surface area (Å²) in [5.74, 6) is -0.387. The largest absolute Gasteiger partial charge is 0.388 e. The Morgan fingerprint density at radius 2 is 1.67 bits per heavy atom. The van der Waals surface area contributed by atoms with Crippen LogP contribution in [0.1, 0.15) is 17.2 Å². The topological polar surface area (TPSA) is 20.2 Å². The molecule has 21 heavy (non-hydrogen) atoms. The molecule has 0 saturated carbocycles. The first kappa shape index (κ1) is 14.1. The summed E-state index contributed by atoms with van der Waals surface area (Å²) in [6, 6.07) is 18.1. The highest BCUT2D eigenvalue weighted by atomic mass is 35.5. The molecule has 0 aliphatic heterocycles. The van der Waals surface area contributed by atoms with Crippen LogP contribution >= 0.6 is 11.6 Å². The van der Waals surface area contributed by atoms with Gasteiger partial charge in [0.2, 0.25) is 0 Å². The van der Waals surface area contributed by atoms with E-state index in [1.54, 1.807) is 12.1 Å². The van der Waals surface area contributed by atoms with Gasteiger partial charge in [-0.05, 0) is 28.5 Å². The molecule has 0 fully saturated rings. The molecule has 3 heteroatoms. The lowest BCUT2D eigenvalue weighted by molar-refractivity contribution is 0.178. The molecule has 1 atom stereocenters. The number of rotatable bonds is 3. The van der Waals surface area contributed by atoms with Crippen molar-refractivity contribution in [1.82, 2.24) is 0 Å². The molecular weight excluding hydrogens is 287 g/mol. The Kier molecular flexibility index (Phi) is 3.91. The average molecular weight is 301 g/mol. The molecule has 106 valence electrons. The van der Waals surface area contributed by atoms with Gasteiger partial charge in [0.25, 0.3) is 0 Å². The summed E-state index contributed by atoms with van der Waals surface area (Å²) < 4.78 is 13.8. The summed E-state index contributed by atoms with van der Waals surface area (Å²) in [6.07, 6.45) is -0.648. The normalized spacial score (nSPS) is 12.5. The summed E-state index contributed by atoms with van der Waals surface area (Å²) >= 11 is 6.03. The van der Waals surface area contributed by atoms with Crippen molar-refractivity contribution in [3.8, 4) is 0 Å². The molecule has 1 nitrogen and oxygen atoms in total. The van der Waals surface area contributed by atoms with Crippen LogP contribution in [-0.4, -0.2) is 5.11 Å². The Morgan fingerprint density at radius 1 is 0.952 bits per heavy atom. The molecule has 0 bridgehead atoms. The number of halogens is 2. The zero-order valence-corrected chi connectivity index (χ0v) is 12.0. The van der Waals surface area contributed by atoms with Crippen LogP contribution in [0.2, 0.25) is 5.02 Å². The third kappa shape index (κ3) is 2.78. The van der Waals surface area contributed by atoms with E-state index < -0.39 is 6.10 Å². The van der Waals surface area contributed by atoms with Crippen molar-refractivity contribution >= 4 is 22.4 Å². The molecular formula is C18H14ClFO. The second-order valence-electron chi connectivity index (χ2n) is 4.99. The van der Waals surface area contributed by atoms with Crippen LogP contribution in [0.5, 0.6) is 0 Å². The summed E-state index contributed by atoms with van der Waals surface area (Å²) in [4.78, 5) is 0. The van der Waals surface area contributed by atoms with E-state index >= 15 is 0 Å². The minimum absolute atomic E-state index is 0.152. The van der Waals surface area contributed by atoms with Crippen molar-refractivity contribution in [3.63, 3.8) is 0 Å². The Labute approximate surface area is 127 Å². The van der Waals surface area contributed by atoms with Crippen LogP contribution in [0.3, 0.4) is 0 Å². The third-order valence-corrected chi connectivity index (χ3v) is 4.00. The third-order valence-electron chi connectivity index (χ3n) is 3.64. The maximum absolute atomic E-state index is 13.8. The lowest BCUT2D eigenvalue weighted by atomic mass is 9.96. The molecule has 0 aliphatic rings. The predicted molar refractivity (Wildman–Crippen MR) is 84.0 cm³/mol. The number of hydrogen-bond acceptors (Lipinski definition) is 1. The van der Waals surface area contributed by atoms with Crippen molar-refractivity contribution in [2.24, 2.45) is 0 Å². The Morgan fingerprint density at radius 3 is 2.48 bits per heavy atom. The van der Waals surface area contributed by atoms with Crippen LogP contribution in [0.4, 0.5) is 4.39 Å². The molecule has 3 rings (SSSR count). The van der Waals surface area contributed by atoms with Gasteiger partial charge in [-0.25, -0.2) is 4.39 Å². The monoisotopic (exact) mass is 300 g/mol. The molecule has 1 unspecified atom stereocenters. The van der Waals surface area contributed by atoms with Crippen LogP contribution < -0.4 is 0 Å². The molecule has 0 spiro atoms. The van der Waals surface area contributed by atoms with Crippen molar-refractivity contribution in [2.45, 2.75) is 12.5 Å². The summed E-state index contributed by atoms with van der Waals surface area (Å²) in [5, 5.41) is 12.9. The van der Waals surface area contributed by atoms with Gasteiger partial charge in [0.1, 0.15) is 5.82 Å². The molecule has 1 N–H and O–H groups in total. The number of aliphatic hydroxyl groups excluding tert-OH is 1. The number of fused-ring (bicyclic) bond motifs is 1. The Hall–Kier alpha value is -1.90. The summed E-state index contributed by atoms with van der Waals surface area (Å²) in [5.41, 5.74) is 1.13. The van der Waals surface area contributed by atoms with E-state index in [2.05, 4.69) is 0 Å². The maximum atomic E-state index is 13.8. The highest BCUT2D eigenvalue weighted by molar-refractivity contribution is 6.31. The molecule has 3 aromatic rings. The van der Waals surface area contributed by atoms with Gasteiger partial charge in [0.15, 0.2) is 0 Å². The van der Waals surface area contributed by atoms with Gasteiger partial charge in [-0.2, -0.15) is 0 Å².